The van der Waals surface area contributed by atoms with Crippen LogP contribution in [0.25, 0.3) is 11.0 Å². The van der Waals surface area contributed by atoms with E-state index in [-0.39, 0.29) is 11.8 Å². The van der Waals surface area contributed by atoms with E-state index in [1.165, 1.54) is 16.9 Å². The molecule has 2 fully saturated rings. The Morgan fingerprint density at radius 1 is 1.31 bits per heavy atom. The molecular formula is C17H19F3N5O+. The largest absolute Gasteiger partial charge is 0.397 e. The number of H-pyrrole nitrogens is 1. The standard InChI is InChI=1S/C17H19F3N5O/c1-24(16-13-2-3-21-15(13)22-9-23-16)12-4-10-7-25(8-11(10)5-12)14(26)6-17(18,19)20/h2-3,9-11H,4-8H2,1H3,(H,21,22,23)/q+1. The lowest BCUT2D eigenvalue weighted by Gasteiger charge is -2.18. The average Bonchev–Trinajstić information content (AvgIpc) is 3.25. The third-order valence-electron chi connectivity index (χ3n) is 5.40. The Morgan fingerprint density at radius 2 is 2.00 bits per heavy atom. The Balaban J connectivity index is 1.50. The van der Waals surface area contributed by atoms with Gasteiger partial charge in [0.1, 0.15) is 17.5 Å². The van der Waals surface area contributed by atoms with Crippen LogP contribution in [0.3, 0.4) is 0 Å². The molecule has 2 aromatic rings. The summed E-state index contributed by atoms with van der Waals surface area (Å²) in [5, 5.41) is 0.932. The maximum absolute atomic E-state index is 12.4. The summed E-state index contributed by atoms with van der Waals surface area (Å²) < 4.78 is 39.4. The van der Waals surface area contributed by atoms with Crippen LogP contribution >= 0.6 is 0 Å². The Hall–Kier alpha value is -2.45. The topological polar surface area (TPSA) is 64.9 Å². The molecule has 138 valence electrons. The molecule has 1 N–H and O–H groups in total. The number of fused-ring (bicyclic) bond motifs is 2. The lowest BCUT2D eigenvalue weighted by molar-refractivity contribution is -0.410. The Bertz CT molecular complexity index is 872. The van der Waals surface area contributed by atoms with E-state index in [0.717, 1.165) is 29.7 Å². The van der Waals surface area contributed by atoms with Gasteiger partial charge in [-0.05, 0) is 22.9 Å². The number of nitrogens with one attached hydrogen (secondary N) is 1. The number of rotatable bonds is 2. The van der Waals surface area contributed by atoms with E-state index in [9.17, 15) is 18.0 Å². The second-order valence-electron chi connectivity index (χ2n) is 7.08. The third kappa shape index (κ3) is 3.06. The second-order valence-corrected chi connectivity index (χ2v) is 7.08. The number of carbonyl (C=O) groups is 1. The van der Waals surface area contributed by atoms with E-state index in [4.69, 9.17) is 0 Å². The molecule has 26 heavy (non-hydrogen) atoms. The normalized spacial score (nSPS) is 22.9. The van der Waals surface area contributed by atoms with Crippen LogP contribution in [0, 0.1) is 11.8 Å². The maximum atomic E-state index is 12.4. The zero-order chi connectivity index (χ0) is 18.5. The average molecular weight is 366 g/mol. The number of nitrogens with zero attached hydrogens (tertiary/aromatic N) is 4. The summed E-state index contributed by atoms with van der Waals surface area (Å²) in [4.78, 5) is 24.8. The molecule has 1 aliphatic carbocycles. The van der Waals surface area contributed by atoms with E-state index in [1.54, 1.807) is 0 Å². The molecule has 1 amide bonds. The molecule has 0 bridgehead atoms. The molecule has 0 aromatic carbocycles. The van der Waals surface area contributed by atoms with Crippen molar-refractivity contribution in [3.8, 4) is 0 Å². The van der Waals surface area contributed by atoms with Crippen LogP contribution in [-0.2, 0) is 4.79 Å². The number of aromatic amines is 1. The van der Waals surface area contributed by atoms with Gasteiger partial charge in [0.2, 0.25) is 12.2 Å². The molecule has 2 aliphatic rings. The zero-order valence-corrected chi connectivity index (χ0v) is 14.3. The Kier molecular flexibility index (Phi) is 3.96. The summed E-state index contributed by atoms with van der Waals surface area (Å²) in [5.74, 6) is 0.434. The summed E-state index contributed by atoms with van der Waals surface area (Å²) in [7, 11) is 1.96. The zero-order valence-electron chi connectivity index (χ0n) is 14.3. The fraction of sp³-hybridized carbons (Fsp3) is 0.529. The van der Waals surface area contributed by atoms with Gasteiger partial charge in [0, 0.05) is 32.1 Å². The van der Waals surface area contributed by atoms with Crippen LogP contribution in [0.15, 0.2) is 18.6 Å². The van der Waals surface area contributed by atoms with Crippen LogP contribution in [0.5, 0.6) is 0 Å². The van der Waals surface area contributed by atoms with Crippen molar-refractivity contribution in [3.05, 3.63) is 18.6 Å². The molecule has 2 unspecified atom stereocenters. The first kappa shape index (κ1) is 17.0. The van der Waals surface area contributed by atoms with Gasteiger partial charge in [-0.3, -0.25) is 4.79 Å². The number of likely N-dealkylation sites (tertiary alicyclic amines) is 1. The highest BCUT2D eigenvalue weighted by atomic mass is 19.4. The second kappa shape index (κ2) is 6.07. The van der Waals surface area contributed by atoms with Crippen LogP contribution in [-0.4, -0.2) is 62.4 Å². The van der Waals surface area contributed by atoms with E-state index < -0.39 is 18.5 Å². The fourth-order valence-corrected chi connectivity index (χ4v) is 4.13. The summed E-state index contributed by atoms with van der Waals surface area (Å²) in [6.45, 7) is 0.806. The number of hydrogen-bond donors (Lipinski definition) is 1. The summed E-state index contributed by atoms with van der Waals surface area (Å²) >= 11 is 0. The van der Waals surface area contributed by atoms with Crippen molar-refractivity contribution in [1.29, 1.82) is 0 Å². The molecule has 0 spiro atoms. The Labute approximate surface area is 147 Å². The van der Waals surface area contributed by atoms with E-state index in [2.05, 4.69) is 19.5 Å². The first-order chi connectivity index (χ1) is 12.3. The van der Waals surface area contributed by atoms with Gasteiger partial charge in [-0.2, -0.15) is 18.2 Å². The smallest absolute Gasteiger partial charge is 0.346 e. The van der Waals surface area contributed by atoms with Crippen molar-refractivity contribution >= 4 is 28.5 Å². The van der Waals surface area contributed by atoms with Gasteiger partial charge in [-0.15, -0.1) is 0 Å². The van der Waals surface area contributed by atoms with E-state index >= 15 is 0 Å². The number of carbonyl (C=O) groups excluding carboxylic acids is 1. The van der Waals surface area contributed by atoms with Gasteiger partial charge in [-0.1, -0.05) is 0 Å². The minimum absolute atomic E-state index is 0.216. The quantitative estimate of drug-likeness (QED) is 0.831. The number of amides is 1. The molecule has 1 aliphatic heterocycles. The predicted octanol–water partition coefficient (Wildman–Crippen LogP) is 2.49. The van der Waals surface area contributed by atoms with Gasteiger partial charge >= 0.3 is 12.0 Å². The number of halogens is 3. The molecular weight excluding hydrogens is 347 g/mol. The summed E-state index contributed by atoms with van der Waals surface area (Å²) in [6, 6.07) is 1.93. The molecule has 2 atom stereocenters. The minimum Gasteiger partial charge on any atom is -0.346 e. The first-order valence-corrected chi connectivity index (χ1v) is 8.53. The predicted molar refractivity (Wildman–Crippen MR) is 88.2 cm³/mol. The van der Waals surface area contributed by atoms with E-state index in [1.807, 2.05) is 19.3 Å². The highest BCUT2D eigenvalue weighted by Crippen LogP contribution is 2.38. The van der Waals surface area contributed by atoms with Crippen molar-refractivity contribution in [2.24, 2.45) is 11.8 Å². The molecule has 4 rings (SSSR count). The van der Waals surface area contributed by atoms with Gasteiger partial charge in [0.15, 0.2) is 0 Å². The Morgan fingerprint density at radius 3 is 2.65 bits per heavy atom. The van der Waals surface area contributed by atoms with Crippen molar-refractivity contribution in [2.45, 2.75) is 25.4 Å². The summed E-state index contributed by atoms with van der Waals surface area (Å²) in [6.07, 6.45) is -0.941. The minimum atomic E-state index is -4.44. The van der Waals surface area contributed by atoms with E-state index in [0.29, 0.717) is 13.1 Å². The maximum Gasteiger partial charge on any atom is 0.397 e. The third-order valence-corrected chi connectivity index (χ3v) is 5.40. The van der Waals surface area contributed by atoms with Gasteiger partial charge in [0.05, 0.1) is 12.8 Å². The monoisotopic (exact) mass is 366 g/mol. The fourth-order valence-electron chi connectivity index (χ4n) is 4.13. The lowest BCUT2D eigenvalue weighted by atomic mass is 10.0. The highest BCUT2D eigenvalue weighted by molar-refractivity contribution is 5.88. The summed E-state index contributed by atoms with van der Waals surface area (Å²) in [5.41, 5.74) is 1.97. The molecule has 2 aromatic heterocycles. The number of alkyl halides is 3. The van der Waals surface area contributed by atoms with Crippen LogP contribution in [0.1, 0.15) is 19.3 Å². The SMILES string of the molecule is C[N+](=C1CC2CN(C(=O)CC(F)(F)F)CC2C1)c1ncnc2[nH]ccc12. The van der Waals surface area contributed by atoms with Crippen LogP contribution in [0.4, 0.5) is 19.0 Å². The van der Waals surface area contributed by atoms with Gasteiger partial charge in [0.25, 0.3) is 0 Å². The molecule has 1 saturated heterocycles. The van der Waals surface area contributed by atoms with Gasteiger partial charge < -0.3 is 9.88 Å². The highest BCUT2D eigenvalue weighted by Gasteiger charge is 2.44. The van der Waals surface area contributed by atoms with Gasteiger partial charge in [-0.25, -0.2) is 4.58 Å². The van der Waals surface area contributed by atoms with Crippen LogP contribution < -0.4 is 0 Å². The lowest BCUT2D eigenvalue weighted by Crippen LogP contribution is -2.33. The number of aromatic nitrogens is 3. The van der Waals surface area contributed by atoms with Crippen molar-refractivity contribution in [2.75, 3.05) is 20.1 Å². The molecule has 0 radical (unpaired) electrons. The molecule has 3 heterocycles. The van der Waals surface area contributed by atoms with Crippen molar-refractivity contribution in [1.82, 2.24) is 19.9 Å². The molecule has 6 nitrogen and oxygen atoms in total. The number of hydrogen-bond acceptors (Lipinski definition) is 3. The van der Waals surface area contributed by atoms with Crippen LogP contribution in [0.2, 0.25) is 0 Å². The molecule has 1 saturated carbocycles. The van der Waals surface area contributed by atoms with Crippen molar-refractivity contribution in [3.63, 3.8) is 0 Å². The first-order valence-electron chi connectivity index (χ1n) is 8.53. The molecule has 9 heteroatoms. The van der Waals surface area contributed by atoms with Crippen molar-refractivity contribution < 1.29 is 22.5 Å².